The number of nitrogen functional groups attached to an aromatic ring is 1. The van der Waals surface area contributed by atoms with Crippen LogP contribution in [0.4, 0.5) is 11.4 Å². The van der Waals surface area contributed by atoms with Gasteiger partial charge in [-0.2, -0.15) is 0 Å². The van der Waals surface area contributed by atoms with Crippen molar-refractivity contribution in [2.75, 3.05) is 17.6 Å². The standard InChI is InChI=1S/C17H17Cl2N3O2S/c18-12-7-10(8-13(19)16(12)20)21-17(24)14-4-1-5-22(14)15(23)9-11-3-2-6-25-11/h2-3,6-8,14H,1,4-5,9,20H2,(H,21,24). The van der Waals surface area contributed by atoms with Gasteiger partial charge in [-0.1, -0.05) is 29.3 Å². The number of carbonyl (C=O) groups excluding carboxylic acids is 2. The van der Waals surface area contributed by atoms with Crippen LogP contribution in [0, 0.1) is 0 Å². The van der Waals surface area contributed by atoms with Gasteiger partial charge in [-0.15, -0.1) is 11.3 Å². The van der Waals surface area contributed by atoms with Crippen LogP contribution >= 0.6 is 34.5 Å². The van der Waals surface area contributed by atoms with Crippen molar-refractivity contribution in [3.8, 4) is 0 Å². The smallest absolute Gasteiger partial charge is 0.247 e. The molecule has 1 unspecified atom stereocenters. The monoisotopic (exact) mass is 397 g/mol. The average Bonchev–Trinajstić information content (AvgIpc) is 3.23. The van der Waals surface area contributed by atoms with Crippen LogP contribution < -0.4 is 11.1 Å². The lowest BCUT2D eigenvalue weighted by Crippen LogP contribution is -2.43. The topological polar surface area (TPSA) is 75.4 Å². The minimum atomic E-state index is -0.484. The van der Waals surface area contributed by atoms with Gasteiger partial charge in [-0.25, -0.2) is 0 Å². The van der Waals surface area contributed by atoms with Crippen LogP contribution in [0.25, 0.3) is 0 Å². The summed E-state index contributed by atoms with van der Waals surface area (Å²) in [5.74, 6) is -0.276. The van der Waals surface area contributed by atoms with E-state index in [9.17, 15) is 9.59 Å². The van der Waals surface area contributed by atoms with Gasteiger partial charge in [-0.05, 0) is 36.4 Å². The van der Waals surface area contributed by atoms with Gasteiger partial charge in [0.15, 0.2) is 0 Å². The summed E-state index contributed by atoms with van der Waals surface area (Å²) < 4.78 is 0. The first kappa shape index (κ1) is 18.0. The number of hydrogen-bond donors (Lipinski definition) is 2. The van der Waals surface area contributed by atoms with E-state index in [1.165, 1.54) is 11.3 Å². The molecule has 5 nitrogen and oxygen atoms in total. The molecule has 1 aliphatic rings. The molecule has 2 amide bonds. The summed E-state index contributed by atoms with van der Waals surface area (Å²) in [5, 5.41) is 5.27. The summed E-state index contributed by atoms with van der Waals surface area (Å²) in [4.78, 5) is 27.8. The molecule has 1 aromatic heterocycles. The molecule has 2 heterocycles. The molecule has 8 heteroatoms. The Balaban J connectivity index is 1.69. The number of thiophene rings is 1. The summed E-state index contributed by atoms with van der Waals surface area (Å²) in [7, 11) is 0. The van der Waals surface area contributed by atoms with Crippen molar-refractivity contribution >= 4 is 57.7 Å². The van der Waals surface area contributed by atoms with Gasteiger partial charge >= 0.3 is 0 Å². The molecule has 1 fully saturated rings. The molecule has 1 saturated heterocycles. The number of hydrogen-bond acceptors (Lipinski definition) is 4. The normalized spacial score (nSPS) is 16.9. The zero-order chi connectivity index (χ0) is 18.0. The minimum absolute atomic E-state index is 0.0338. The van der Waals surface area contributed by atoms with Gasteiger partial charge in [-0.3, -0.25) is 9.59 Å². The van der Waals surface area contributed by atoms with Crippen LogP contribution in [0.1, 0.15) is 17.7 Å². The van der Waals surface area contributed by atoms with Crippen molar-refractivity contribution in [2.24, 2.45) is 0 Å². The molecule has 0 bridgehead atoms. The fourth-order valence-electron chi connectivity index (χ4n) is 2.88. The predicted octanol–water partition coefficient (Wildman–Crippen LogP) is 3.81. The molecule has 25 heavy (non-hydrogen) atoms. The zero-order valence-corrected chi connectivity index (χ0v) is 15.6. The number of halogens is 2. The molecule has 3 rings (SSSR count). The maximum atomic E-state index is 12.6. The highest BCUT2D eigenvalue weighted by atomic mass is 35.5. The van der Waals surface area contributed by atoms with E-state index in [0.717, 1.165) is 11.3 Å². The van der Waals surface area contributed by atoms with Crippen molar-refractivity contribution in [3.63, 3.8) is 0 Å². The van der Waals surface area contributed by atoms with Crippen LogP contribution in [-0.4, -0.2) is 29.3 Å². The first-order valence-electron chi connectivity index (χ1n) is 7.83. The Morgan fingerprint density at radius 3 is 2.68 bits per heavy atom. The third kappa shape index (κ3) is 4.08. The summed E-state index contributed by atoms with van der Waals surface area (Å²) in [6.45, 7) is 0.589. The van der Waals surface area contributed by atoms with E-state index < -0.39 is 6.04 Å². The van der Waals surface area contributed by atoms with E-state index >= 15 is 0 Å². The van der Waals surface area contributed by atoms with E-state index in [0.29, 0.717) is 25.1 Å². The second-order valence-electron chi connectivity index (χ2n) is 5.84. The molecule has 0 saturated carbocycles. The average molecular weight is 398 g/mol. The molecule has 1 aliphatic heterocycles. The molecule has 0 radical (unpaired) electrons. The van der Waals surface area contributed by atoms with Crippen LogP contribution in [0.5, 0.6) is 0 Å². The molecule has 1 atom stereocenters. The SMILES string of the molecule is Nc1c(Cl)cc(NC(=O)C2CCCN2C(=O)Cc2cccs2)cc1Cl. The Bertz CT molecular complexity index is 772. The Morgan fingerprint density at radius 2 is 2.04 bits per heavy atom. The van der Waals surface area contributed by atoms with Crippen molar-refractivity contribution in [1.82, 2.24) is 4.90 Å². The number of benzene rings is 1. The van der Waals surface area contributed by atoms with Gasteiger partial charge in [0.25, 0.3) is 0 Å². The number of anilines is 2. The predicted molar refractivity (Wildman–Crippen MR) is 102 cm³/mol. The number of carbonyl (C=O) groups is 2. The van der Waals surface area contributed by atoms with E-state index in [1.54, 1.807) is 17.0 Å². The van der Waals surface area contributed by atoms with Crippen LogP contribution in [0.3, 0.4) is 0 Å². The van der Waals surface area contributed by atoms with Gasteiger partial charge in [0.05, 0.1) is 22.2 Å². The van der Waals surface area contributed by atoms with E-state index in [2.05, 4.69) is 5.32 Å². The van der Waals surface area contributed by atoms with Crippen molar-refractivity contribution in [2.45, 2.75) is 25.3 Å². The lowest BCUT2D eigenvalue weighted by Gasteiger charge is -2.24. The number of nitrogens with one attached hydrogen (secondary N) is 1. The fraction of sp³-hybridized carbons (Fsp3) is 0.294. The molecule has 2 aromatic rings. The summed E-state index contributed by atoms with van der Waals surface area (Å²) in [5.41, 5.74) is 6.44. The third-order valence-corrected chi connectivity index (χ3v) is 5.63. The third-order valence-electron chi connectivity index (χ3n) is 4.13. The largest absolute Gasteiger partial charge is 0.396 e. The van der Waals surface area contributed by atoms with Gasteiger partial charge < -0.3 is 16.0 Å². The number of nitrogens with two attached hydrogens (primary N) is 1. The van der Waals surface area contributed by atoms with Gasteiger partial charge in [0.1, 0.15) is 6.04 Å². The fourth-order valence-corrected chi connectivity index (χ4v) is 4.07. The summed E-state index contributed by atoms with van der Waals surface area (Å²) in [6.07, 6.45) is 1.76. The maximum absolute atomic E-state index is 12.6. The van der Waals surface area contributed by atoms with Crippen molar-refractivity contribution < 1.29 is 9.59 Å². The van der Waals surface area contributed by atoms with Crippen LogP contribution in [0.15, 0.2) is 29.6 Å². The Labute approximate surface area is 159 Å². The van der Waals surface area contributed by atoms with Crippen molar-refractivity contribution in [3.05, 3.63) is 44.6 Å². The lowest BCUT2D eigenvalue weighted by atomic mass is 10.2. The summed E-state index contributed by atoms with van der Waals surface area (Å²) >= 11 is 13.5. The highest BCUT2D eigenvalue weighted by Crippen LogP contribution is 2.31. The maximum Gasteiger partial charge on any atom is 0.247 e. The Kier molecular flexibility index (Phi) is 5.51. The Morgan fingerprint density at radius 1 is 1.32 bits per heavy atom. The quantitative estimate of drug-likeness (QED) is 0.770. The molecule has 0 spiro atoms. The first-order chi connectivity index (χ1) is 12.0. The van der Waals surface area contributed by atoms with Gasteiger partial charge in [0, 0.05) is 17.1 Å². The molecular weight excluding hydrogens is 381 g/mol. The second-order valence-corrected chi connectivity index (χ2v) is 7.69. The van der Waals surface area contributed by atoms with E-state index in [-0.39, 0.29) is 27.5 Å². The molecule has 132 valence electrons. The Hall–Kier alpha value is -1.76. The molecule has 0 aliphatic carbocycles. The number of likely N-dealkylation sites (tertiary alicyclic amines) is 1. The molecule has 1 aromatic carbocycles. The minimum Gasteiger partial charge on any atom is -0.396 e. The molecule has 3 N–H and O–H groups in total. The van der Waals surface area contributed by atoms with E-state index in [1.807, 2.05) is 17.5 Å². The van der Waals surface area contributed by atoms with Crippen LogP contribution in [-0.2, 0) is 16.0 Å². The first-order valence-corrected chi connectivity index (χ1v) is 9.46. The van der Waals surface area contributed by atoms with Gasteiger partial charge in [0.2, 0.25) is 11.8 Å². The number of amides is 2. The van der Waals surface area contributed by atoms with Crippen LogP contribution in [0.2, 0.25) is 10.0 Å². The highest BCUT2D eigenvalue weighted by Gasteiger charge is 2.34. The van der Waals surface area contributed by atoms with E-state index in [4.69, 9.17) is 28.9 Å². The summed E-state index contributed by atoms with van der Waals surface area (Å²) in [6, 6.07) is 6.45. The lowest BCUT2D eigenvalue weighted by molar-refractivity contribution is -0.136. The number of rotatable bonds is 4. The highest BCUT2D eigenvalue weighted by molar-refractivity contribution is 7.10. The number of nitrogens with zero attached hydrogens (tertiary/aromatic N) is 1. The zero-order valence-electron chi connectivity index (χ0n) is 13.3. The molecular formula is C17H17Cl2N3O2S. The second kappa shape index (κ2) is 7.64. The van der Waals surface area contributed by atoms with Crippen molar-refractivity contribution in [1.29, 1.82) is 0 Å².